The van der Waals surface area contributed by atoms with E-state index in [1.807, 2.05) is 6.07 Å². The Bertz CT molecular complexity index is 1320. The Balaban J connectivity index is 1.39. The lowest BCUT2D eigenvalue weighted by molar-refractivity contribution is -0.0369. The van der Waals surface area contributed by atoms with E-state index in [0.717, 1.165) is 37.5 Å². The van der Waals surface area contributed by atoms with E-state index in [0.29, 0.717) is 17.5 Å². The van der Waals surface area contributed by atoms with Crippen LogP contribution in [0.1, 0.15) is 58.1 Å². The standard InChI is InChI=1S/C27H27N3O2/c28-26(31)17-8-7-15-11-21-19-12-18-16-3-1-2-4-20(16)29-23(18)25-27(19,22(15)24(17)32-25)9-10-30(21)13-14-5-6-14/h1-4,7-8,14,19,21,25,29H,5-6,9-13H2,(H2,28,31)/t19-,21+,25-,27-/m0/s1. The van der Waals surface area contributed by atoms with Crippen LogP contribution in [0.5, 0.6) is 5.75 Å². The topological polar surface area (TPSA) is 71.4 Å². The van der Waals surface area contributed by atoms with Gasteiger partial charge in [0.2, 0.25) is 0 Å². The lowest BCUT2D eigenvalue weighted by Crippen LogP contribution is -2.63. The molecule has 1 amide bonds. The zero-order chi connectivity index (χ0) is 21.2. The molecule has 5 nitrogen and oxygen atoms in total. The van der Waals surface area contributed by atoms with Crippen molar-refractivity contribution < 1.29 is 9.53 Å². The molecule has 2 aliphatic heterocycles. The van der Waals surface area contributed by atoms with Crippen molar-refractivity contribution in [3.8, 4) is 5.75 Å². The highest BCUT2D eigenvalue weighted by Crippen LogP contribution is 2.66. The number of fused-ring (bicyclic) bond motifs is 4. The Kier molecular flexibility index (Phi) is 3.19. The highest BCUT2D eigenvalue weighted by Gasteiger charge is 2.65. The molecule has 3 N–H and O–H groups in total. The number of likely N-dealkylation sites (tertiary alicyclic amines) is 1. The van der Waals surface area contributed by atoms with Crippen LogP contribution < -0.4 is 10.5 Å². The van der Waals surface area contributed by atoms with Crippen molar-refractivity contribution in [2.45, 2.75) is 49.7 Å². The first-order valence-electron chi connectivity index (χ1n) is 12.1. The number of rotatable bonds is 3. The van der Waals surface area contributed by atoms with Crippen LogP contribution in [0.2, 0.25) is 0 Å². The molecule has 1 aromatic heterocycles. The molecule has 1 spiro atoms. The monoisotopic (exact) mass is 425 g/mol. The van der Waals surface area contributed by atoms with Crippen LogP contribution in [0.25, 0.3) is 10.9 Å². The lowest BCUT2D eigenvalue weighted by atomic mass is 9.51. The van der Waals surface area contributed by atoms with E-state index in [2.05, 4.69) is 40.2 Å². The minimum atomic E-state index is -0.389. The number of benzene rings is 2. The summed E-state index contributed by atoms with van der Waals surface area (Å²) in [6, 6.07) is 13.2. The summed E-state index contributed by atoms with van der Waals surface area (Å²) in [5, 5.41) is 1.32. The van der Waals surface area contributed by atoms with Crippen molar-refractivity contribution in [3.63, 3.8) is 0 Å². The first kappa shape index (κ1) is 17.7. The van der Waals surface area contributed by atoms with Crippen LogP contribution in [-0.2, 0) is 18.3 Å². The summed E-state index contributed by atoms with van der Waals surface area (Å²) in [5.74, 6) is 1.77. The summed E-state index contributed by atoms with van der Waals surface area (Å²) in [6.07, 6.45) is 5.92. The number of aromatic nitrogens is 1. The number of nitrogens with zero attached hydrogens (tertiary/aromatic N) is 1. The van der Waals surface area contributed by atoms with Crippen molar-refractivity contribution in [1.82, 2.24) is 9.88 Å². The van der Waals surface area contributed by atoms with Gasteiger partial charge in [0.25, 0.3) is 5.91 Å². The van der Waals surface area contributed by atoms with Crippen molar-refractivity contribution in [2.24, 2.45) is 17.6 Å². The van der Waals surface area contributed by atoms with Gasteiger partial charge >= 0.3 is 0 Å². The fourth-order valence-corrected chi connectivity index (χ4v) is 7.76. The number of nitrogens with one attached hydrogen (secondary N) is 1. The Morgan fingerprint density at radius 1 is 1.19 bits per heavy atom. The molecular formula is C27H27N3O2. The number of para-hydroxylation sites is 1. The van der Waals surface area contributed by atoms with Crippen molar-refractivity contribution in [2.75, 3.05) is 13.1 Å². The Morgan fingerprint density at radius 3 is 2.91 bits per heavy atom. The molecule has 1 saturated heterocycles. The summed E-state index contributed by atoms with van der Waals surface area (Å²) in [7, 11) is 0. The molecule has 5 heteroatoms. The third-order valence-corrected chi connectivity index (χ3v) is 9.24. The number of hydrogen-bond acceptors (Lipinski definition) is 3. The SMILES string of the molecule is NC(=O)c1ccc2c3c1O[C@H]1c4[nH]c5ccccc5c4C[C@H]4[C@@H](C2)N(CC2CC2)CC[C@]314. The first-order valence-corrected chi connectivity index (χ1v) is 12.1. The Morgan fingerprint density at radius 2 is 2.06 bits per heavy atom. The van der Waals surface area contributed by atoms with E-state index in [1.165, 1.54) is 52.7 Å². The fraction of sp³-hybridized carbons (Fsp3) is 0.444. The zero-order valence-electron chi connectivity index (χ0n) is 18.1. The van der Waals surface area contributed by atoms with Gasteiger partial charge in [-0.15, -0.1) is 0 Å². The number of piperidine rings is 1. The molecule has 2 aromatic carbocycles. The van der Waals surface area contributed by atoms with Crippen LogP contribution in [0.3, 0.4) is 0 Å². The van der Waals surface area contributed by atoms with E-state index >= 15 is 0 Å². The summed E-state index contributed by atoms with van der Waals surface area (Å²) in [6.45, 7) is 2.36. The van der Waals surface area contributed by atoms with Gasteiger partial charge in [-0.2, -0.15) is 0 Å². The summed E-state index contributed by atoms with van der Waals surface area (Å²) >= 11 is 0. The molecule has 8 rings (SSSR count). The maximum Gasteiger partial charge on any atom is 0.252 e. The molecule has 3 aliphatic carbocycles. The van der Waals surface area contributed by atoms with Gasteiger partial charge in [-0.1, -0.05) is 24.3 Å². The smallest absolute Gasteiger partial charge is 0.252 e. The molecule has 0 radical (unpaired) electrons. The number of hydrogen-bond donors (Lipinski definition) is 2. The van der Waals surface area contributed by atoms with Gasteiger partial charge in [-0.05, 0) is 73.7 Å². The van der Waals surface area contributed by atoms with Crippen molar-refractivity contribution in [3.05, 3.63) is 64.3 Å². The van der Waals surface area contributed by atoms with Crippen LogP contribution in [0.4, 0.5) is 0 Å². The molecule has 2 fully saturated rings. The number of aromatic amines is 1. The van der Waals surface area contributed by atoms with Gasteiger partial charge in [0, 0.05) is 34.5 Å². The van der Waals surface area contributed by atoms with Gasteiger partial charge in [-0.3, -0.25) is 9.69 Å². The van der Waals surface area contributed by atoms with E-state index in [9.17, 15) is 4.79 Å². The molecule has 0 unspecified atom stereocenters. The molecule has 1 saturated carbocycles. The third kappa shape index (κ3) is 2.02. The van der Waals surface area contributed by atoms with E-state index < -0.39 is 0 Å². The molecule has 3 heterocycles. The van der Waals surface area contributed by atoms with Gasteiger partial charge in [-0.25, -0.2) is 0 Å². The molecule has 2 bridgehead atoms. The predicted octanol–water partition coefficient (Wildman–Crippen LogP) is 3.85. The summed E-state index contributed by atoms with van der Waals surface area (Å²) in [4.78, 5) is 18.9. The molecule has 162 valence electrons. The zero-order valence-corrected chi connectivity index (χ0v) is 18.1. The third-order valence-electron chi connectivity index (χ3n) is 9.24. The quantitative estimate of drug-likeness (QED) is 0.670. The molecule has 32 heavy (non-hydrogen) atoms. The number of H-pyrrole nitrogens is 1. The average Bonchev–Trinajstić information content (AvgIpc) is 3.43. The maximum atomic E-state index is 12.3. The molecular weight excluding hydrogens is 398 g/mol. The minimum Gasteiger partial charge on any atom is -0.482 e. The number of carbonyl (C=O) groups excluding carboxylic acids is 1. The second-order valence-corrected chi connectivity index (χ2v) is 10.7. The highest BCUT2D eigenvalue weighted by atomic mass is 16.5. The van der Waals surface area contributed by atoms with Gasteiger partial charge in [0.1, 0.15) is 11.9 Å². The van der Waals surface area contributed by atoms with Gasteiger partial charge in [0.05, 0.1) is 11.3 Å². The van der Waals surface area contributed by atoms with E-state index in [-0.39, 0.29) is 17.4 Å². The van der Waals surface area contributed by atoms with Crippen molar-refractivity contribution >= 4 is 16.8 Å². The lowest BCUT2D eigenvalue weighted by Gasteiger charge is -2.58. The number of primary amides is 1. The average molecular weight is 426 g/mol. The van der Waals surface area contributed by atoms with Crippen LogP contribution >= 0.6 is 0 Å². The summed E-state index contributed by atoms with van der Waals surface area (Å²) < 4.78 is 6.81. The van der Waals surface area contributed by atoms with Gasteiger partial charge < -0.3 is 15.5 Å². The Labute approximate surface area is 186 Å². The van der Waals surface area contributed by atoms with Crippen LogP contribution in [-0.4, -0.2) is 34.9 Å². The highest BCUT2D eigenvalue weighted by molar-refractivity contribution is 5.97. The van der Waals surface area contributed by atoms with Gasteiger partial charge in [0.15, 0.2) is 0 Å². The molecule has 4 atom stereocenters. The fourth-order valence-electron chi connectivity index (χ4n) is 7.76. The predicted molar refractivity (Wildman–Crippen MR) is 122 cm³/mol. The molecule has 5 aliphatic rings. The Hall–Kier alpha value is -2.79. The first-order chi connectivity index (χ1) is 15.6. The van der Waals surface area contributed by atoms with Crippen LogP contribution in [0.15, 0.2) is 36.4 Å². The largest absolute Gasteiger partial charge is 0.482 e. The van der Waals surface area contributed by atoms with E-state index in [4.69, 9.17) is 10.5 Å². The summed E-state index contributed by atoms with van der Waals surface area (Å²) in [5.41, 5.74) is 12.8. The minimum absolute atomic E-state index is 0.0625. The normalized spacial score (nSPS) is 31.8. The van der Waals surface area contributed by atoms with Crippen molar-refractivity contribution in [1.29, 1.82) is 0 Å². The second-order valence-electron chi connectivity index (χ2n) is 10.7. The number of nitrogens with two attached hydrogens (primary N) is 1. The number of carbonyl (C=O) groups is 1. The number of amides is 1. The van der Waals surface area contributed by atoms with Crippen LogP contribution in [0, 0.1) is 11.8 Å². The maximum absolute atomic E-state index is 12.3. The number of ether oxygens (including phenoxy) is 1. The second kappa shape index (κ2) is 5.76. The molecule has 3 aromatic rings. The van der Waals surface area contributed by atoms with E-state index in [1.54, 1.807) is 0 Å².